The molecule has 2 fully saturated rings. The molecule has 0 saturated heterocycles. The minimum Gasteiger partial charge on any atom is -0.497 e. The largest absolute Gasteiger partial charge is 0.497 e. The second kappa shape index (κ2) is 8.33. The number of nitrogens with zero attached hydrogens (tertiary/aromatic N) is 1. The Kier molecular flexibility index (Phi) is 5.95. The first-order chi connectivity index (χ1) is 15.6. The van der Waals surface area contributed by atoms with Crippen molar-refractivity contribution in [2.45, 2.75) is 40.0 Å². The first-order valence-electron chi connectivity index (χ1n) is 10.7. The van der Waals surface area contributed by atoms with Crippen molar-refractivity contribution in [1.29, 1.82) is 0 Å². The summed E-state index contributed by atoms with van der Waals surface area (Å²) in [4.78, 5) is 31.5. The lowest BCUT2D eigenvalue weighted by molar-refractivity contribution is -0.130. The SMILES string of the molecule is COc1ccc(C(=O)O/N=C2\CC3(C(=O)Nc4c(Cl)cccc4Cl)CCC2(C)C3(C)C)cc1. The Morgan fingerprint density at radius 3 is 2.24 bits per heavy atom. The minimum atomic E-state index is -0.727. The predicted octanol–water partition coefficient (Wildman–Crippen LogP) is 6.37. The van der Waals surface area contributed by atoms with Gasteiger partial charge in [0.2, 0.25) is 5.91 Å². The maximum Gasteiger partial charge on any atom is 0.365 e. The number of anilines is 1. The van der Waals surface area contributed by atoms with Gasteiger partial charge in [0.1, 0.15) is 5.75 Å². The van der Waals surface area contributed by atoms with Crippen LogP contribution in [-0.4, -0.2) is 24.7 Å². The van der Waals surface area contributed by atoms with Gasteiger partial charge in [-0.15, -0.1) is 0 Å². The van der Waals surface area contributed by atoms with Crippen molar-refractivity contribution in [2.24, 2.45) is 21.4 Å². The van der Waals surface area contributed by atoms with E-state index in [9.17, 15) is 9.59 Å². The Labute approximate surface area is 203 Å². The number of benzene rings is 2. The van der Waals surface area contributed by atoms with Gasteiger partial charge in [-0.05, 0) is 54.7 Å². The highest BCUT2D eigenvalue weighted by Crippen LogP contribution is 2.71. The summed E-state index contributed by atoms with van der Waals surface area (Å²) in [6.45, 7) is 6.22. The van der Waals surface area contributed by atoms with E-state index in [4.69, 9.17) is 32.8 Å². The van der Waals surface area contributed by atoms with Gasteiger partial charge in [-0.3, -0.25) is 4.79 Å². The van der Waals surface area contributed by atoms with Crippen LogP contribution in [0.1, 0.15) is 50.4 Å². The van der Waals surface area contributed by atoms with Crippen LogP contribution in [0.25, 0.3) is 0 Å². The van der Waals surface area contributed by atoms with Crippen molar-refractivity contribution in [3.63, 3.8) is 0 Å². The fraction of sp³-hybridized carbons (Fsp3) is 0.400. The number of nitrogens with one attached hydrogen (secondary N) is 1. The number of carbonyl (C=O) groups is 2. The summed E-state index contributed by atoms with van der Waals surface area (Å²) in [7, 11) is 1.56. The van der Waals surface area contributed by atoms with E-state index in [1.54, 1.807) is 49.6 Å². The van der Waals surface area contributed by atoms with Crippen LogP contribution < -0.4 is 10.1 Å². The molecular weight excluding hydrogens is 463 g/mol. The smallest absolute Gasteiger partial charge is 0.365 e. The highest BCUT2D eigenvalue weighted by molar-refractivity contribution is 6.39. The zero-order valence-electron chi connectivity index (χ0n) is 19.0. The Morgan fingerprint density at radius 2 is 1.64 bits per heavy atom. The number of methoxy groups -OCH3 is 1. The summed E-state index contributed by atoms with van der Waals surface area (Å²) in [5, 5.41) is 7.98. The summed E-state index contributed by atoms with van der Waals surface area (Å²) >= 11 is 12.6. The Bertz CT molecular complexity index is 1130. The maximum atomic E-state index is 13.6. The number of carbonyl (C=O) groups excluding carboxylic acids is 2. The molecule has 2 bridgehead atoms. The van der Waals surface area contributed by atoms with Crippen LogP contribution in [0.15, 0.2) is 47.6 Å². The molecule has 33 heavy (non-hydrogen) atoms. The quantitative estimate of drug-likeness (QED) is 0.391. The van der Waals surface area contributed by atoms with E-state index in [0.717, 1.165) is 6.42 Å². The third-order valence-electron chi connectivity index (χ3n) is 7.93. The zero-order chi connectivity index (χ0) is 24.0. The van der Waals surface area contributed by atoms with E-state index >= 15 is 0 Å². The number of amides is 1. The van der Waals surface area contributed by atoms with E-state index in [1.807, 2.05) is 0 Å². The van der Waals surface area contributed by atoms with Gasteiger partial charge in [-0.2, -0.15) is 0 Å². The molecule has 0 spiro atoms. The molecule has 1 N–H and O–H groups in total. The number of rotatable bonds is 5. The Balaban J connectivity index is 1.59. The minimum absolute atomic E-state index is 0.155. The standard InChI is InChI=1S/C25H26Cl2N2O4/c1-23(2)24(3)12-13-25(23,22(31)28-20-17(26)6-5-7-18(20)27)14-19(24)29-33-21(30)15-8-10-16(32-4)11-9-15/h5-11H,12-14H2,1-4H3,(H,28,31)/b29-19+. The molecule has 6 nitrogen and oxygen atoms in total. The van der Waals surface area contributed by atoms with Crippen molar-refractivity contribution in [3.05, 3.63) is 58.1 Å². The molecule has 0 aromatic heterocycles. The molecule has 2 aromatic carbocycles. The number of hydrogen-bond acceptors (Lipinski definition) is 5. The molecule has 174 valence electrons. The van der Waals surface area contributed by atoms with Crippen LogP contribution in [0.2, 0.25) is 10.0 Å². The van der Waals surface area contributed by atoms with Crippen LogP contribution in [0.5, 0.6) is 5.75 Å². The summed E-state index contributed by atoms with van der Waals surface area (Å²) in [5.41, 5.74) is -0.0661. The predicted molar refractivity (Wildman–Crippen MR) is 129 cm³/mol. The van der Waals surface area contributed by atoms with Gasteiger partial charge in [-0.25, -0.2) is 4.79 Å². The van der Waals surface area contributed by atoms with Gasteiger partial charge in [0.05, 0.1) is 39.5 Å². The fourth-order valence-electron chi connectivity index (χ4n) is 5.25. The summed E-state index contributed by atoms with van der Waals surface area (Å²) in [5.74, 6) is -0.0691. The number of ether oxygens (including phenoxy) is 1. The molecular formula is C25H26Cl2N2O4. The topological polar surface area (TPSA) is 77.0 Å². The average Bonchev–Trinajstić information content (AvgIpc) is 3.10. The number of para-hydroxylation sites is 1. The summed E-state index contributed by atoms with van der Waals surface area (Å²) < 4.78 is 5.12. The van der Waals surface area contributed by atoms with E-state index in [2.05, 4.69) is 31.2 Å². The van der Waals surface area contributed by atoms with Crippen molar-refractivity contribution >= 4 is 46.5 Å². The van der Waals surface area contributed by atoms with Gasteiger partial charge in [0.15, 0.2) is 0 Å². The number of fused-ring (bicyclic) bond motifs is 2. The lowest BCUT2D eigenvalue weighted by Crippen LogP contribution is -2.43. The van der Waals surface area contributed by atoms with Crippen molar-refractivity contribution < 1.29 is 19.2 Å². The van der Waals surface area contributed by atoms with E-state index < -0.39 is 22.2 Å². The third kappa shape index (κ3) is 3.60. The van der Waals surface area contributed by atoms with Crippen LogP contribution >= 0.6 is 23.2 Å². The highest BCUT2D eigenvalue weighted by Gasteiger charge is 2.71. The van der Waals surface area contributed by atoms with Gasteiger partial charge >= 0.3 is 5.97 Å². The molecule has 2 aliphatic carbocycles. The molecule has 8 heteroatoms. The first kappa shape index (κ1) is 23.6. The second-order valence-corrected chi connectivity index (χ2v) is 10.2. The van der Waals surface area contributed by atoms with Gasteiger partial charge in [0, 0.05) is 11.8 Å². The van der Waals surface area contributed by atoms with E-state index in [1.165, 1.54) is 0 Å². The molecule has 0 aliphatic heterocycles. The molecule has 2 atom stereocenters. The molecule has 1 amide bonds. The van der Waals surface area contributed by atoms with E-state index in [0.29, 0.717) is 45.6 Å². The number of halogens is 2. The van der Waals surface area contributed by atoms with Crippen molar-refractivity contribution in [1.82, 2.24) is 0 Å². The Morgan fingerprint density at radius 1 is 1.00 bits per heavy atom. The van der Waals surface area contributed by atoms with Crippen LogP contribution in [0.4, 0.5) is 5.69 Å². The van der Waals surface area contributed by atoms with Crippen LogP contribution in [-0.2, 0) is 9.63 Å². The molecule has 2 unspecified atom stereocenters. The second-order valence-electron chi connectivity index (χ2n) is 9.41. The molecule has 2 aliphatic rings. The molecule has 0 radical (unpaired) electrons. The first-order valence-corrected chi connectivity index (χ1v) is 11.5. The maximum absolute atomic E-state index is 13.6. The van der Waals surface area contributed by atoms with Gasteiger partial charge in [-0.1, -0.05) is 55.2 Å². The van der Waals surface area contributed by atoms with Crippen LogP contribution in [0, 0.1) is 16.2 Å². The van der Waals surface area contributed by atoms with E-state index in [-0.39, 0.29) is 5.91 Å². The third-order valence-corrected chi connectivity index (χ3v) is 8.56. The summed E-state index contributed by atoms with van der Waals surface area (Å²) in [6, 6.07) is 11.7. The molecule has 2 aromatic rings. The molecule has 2 saturated carbocycles. The lowest BCUT2D eigenvalue weighted by Gasteiger charge is -2.39. The zero-order valence-corrected chi connectivity index (χ0v) is 20.5. The normalized spacial score (nSPS) is 26.3. The van der Waals surface area contributed by atoms with Gasteiger partial charge in [0.25, 0.3) is 0 Å². The monoisotopic (exact) mass is 488 g/mol. The van der Waals surface area contributed by atoms with Crippen LogP contribution in [0.3, 0.4) is 0 Å². The number of hydrogen-bond donors (Lipinski definition) is 1. The number of oxime groups is 1. The van der Waals surface area contributed by atoms with Crippen molar-refractivity contribution in [2.75, 3.05) is 12.4 Å². The highest BCUT2D eigenvalue weighted by atomic mass is 35.5. The van der Waals surface area contributed by atoms with Crippen molar-refractivity contribution in [3.8, 4) is 5.75 Å². The van der Waals surface area contributed by atoms with Gasteiger partial charge < -0.3 is 14.9 Å². The lowest BCUT2D eigenvalue weighted by atomic mass is 9.64. The summed E-state index contributed by atoms with van der Waals surface area (Å²) in [6.07, 6.45) is 1.83. The Hall–Kier alpha value is -2.57. The fourth-order valence-corrected chi connectivity index (χ4v) is 5.74. The average molecular weight is 489 g/mol. The molecule has 4 rings (SSSR count). The molecule has 0 heterocycles.